The molecule has 6 heteroatoms. The van der Waals surface area contributed by atoms with Crippen molar-refractivity contribution in [3.8, 4) is 17.2 Å². The van der Waals surface area contributed by atoms with Gasteiger partial charge in [0.1, 0.15) is 11.5 Å². The van der Waals surface area contributed by atoms with E-state index in [0.29, 0.717) is 19.0 Å². The zero-order valence-electron chi connectivity index (χ0n) is 15.3. The molecule has 0 N–H and O–H groups in total. The Hall–Kier alpha value is -2.60. The molecule has 3 aromatic rings. The fraction of sp³-hybridized carbons (Fsp3) is 0.368. The summed E-state index contributed by atoms with van der Waals surface area (Å²) in [4.78, 5) is 6.82. The third-order valence-electron chi connectivity index (χ3n) is 4.20. The third-order valence-corrected chi connectivity index (χ3v) is 4.20. The van der Waals surface area contributed by atoms with E-state index >= 15 is 0 Å². The summed E-state index contributed by atoms with van der Waals surface area (Å²) in [6.07, 6.45) is 1.65. The molecule has 0 fully saturated rings. The molecule has 0 aliphatic carbocycles. The zero-order chi connectivity index (χ0) is 18.0. The summed E-state index contributed by atoms with van der Waals surface area (Å²) in [6.45, 7) is 7.34. The topological polar surface area (TPSA) is 64.5 Å². The number of aryl methyl sites for hydroxylation is 3. The second kappa shape index (κ2) is 7.11. The van der Waals surface area contributed by atoms with Gasteiger partial charge in [0, 0.05) is 18.2 Å². The molecule has 0 unspecified atom stereocenters. The normalized spacial score (nSPS) is 11.3. The molecule has 0 amide bonds. The fourth-order valence-electron chi connectivity index (χ4n) is 2.83. The van der Waals surface area contributed by atoms with Crippen molar-refractivity contribution in [2.45, 2.75) is 33.9 Å². The second-order valence-corrected chi connectivity index (χ2v) is 6.31. The molecule has 6 nitrogen and oxygen atoms in total. The number of rotatable bonds is 6. The molecule has 0 radical (unpaired) electrons. The van der Waals surface area contributed by atoms with Gasteiger partial charge in [-0.25, -0.2) is 4.98 Å². The molecule has 0 saturated heterocycles. The monoisotopic (exact) mass is 341 g/mol. The van der Waals surface area contributed by atoms with Gasteiger partial charge in [-0.2, -0.15) is 0 Å². The maximum atomic E-state index is 5.93. The van der Waals surface area contributed by atoms with Crippen molar-refractivity contribution in [2.24, 2.45) is 0 Å². The largest absolute Gasteiger partial charge is 0.496 e. The van der Waals surface area contributed by atoms with Gasteiger partial charge in [-0.1, -0.05) is 5.16 Å². The van der Waals surface area contributed by atoms with Crippen LogP contribution in [0, 0.1) is 20.8 Å². The van der Waals surface area contributed by atoms with Crippen LogP contribution in [0.15, 0.2) is 33.3 Å². The average Bonchev–Trinajstić information content (AvgIpc) is 3.19. The van der Waals surface area contributed by atoms with Crippen LogP contribution in [0.1, 0.15) is 28.3 Å². The van der Waals surface area contributed by atoms with Gasteiger partial charge in [0.05, 0.1) is 25.5 Å². The second-order valence-electron chi connectivity index (χ2n) is 6.31. The van der Waals surface area contributed by atoms with Crippen LogP contribution in [0.25, 0.3) is 11.5 Å². The lowest BCUT2D eigenvalue weighted by Gasteiger charge is -2.12. The van der Waals surface area contributed by atoms with Crippen LogP contribution in [-0.4, -0.2) is 29.2 Å². The van der Waals surface area contributed by atoms with Crippen molar-refractivity contribution in [3.63, 3.8) is 0 Å². The van der Waals surface area contributed by atoms with E-state index in [0.717, 1.165) is 39.7 Å². The summed E-state index contributed by atoms with van der Waals surface area (Å²) in [6, 6.07) is 5.93. The predicted molar refractivity (Wildman–Crippen MR) is 94.4 cm³/mol. The SMILES string of the molecule is COc1cc(C)c(-c2nc(CN(C)Cc3ccno3)c(C)o2)cc1C. The van der Waals surface area contributed by atoms with Crippen LogP contribution in [0.5, 0.6) is 5.75 Å². The highest BCUT2D eigenvalue weighted by molar-refractivity contribution is 5.62. The van der Waals surface area contributed by atoms with Crippen molar-refractivity contribution in [3.05, 3.63) is 52.7 Å². The molecule has 0 atom stereocenters. The van der Waals surface area contributed by atoms with Crippen molar-refractivity contribution >= 4 is 0 Å². The number of oxazole rings is 1. The van der Waals surface area contributed by atoms with Gasteiger partial charge in [-0.05, 0) is 51.1 Å². The van der Waals surface area contributed by atoms with Crippen LogP contribution in [0.3, 0.4) is 0 Å². The predicted octanol–water partition coefficient (Wildman–Crippen LogP) is 3.90. The molecule has 2 heterocycles. The maximum absolute atomic E-state index is 5.93. The van der Waals surface area contributed by atoms with E-state index < -0.39 is 0 Å². The minimum Gasteiger partial charge on any atom is -0.496 e. The first-order valence-electron chi connectivity index (χ1n) is 8.18. The van der Waals surface area contributed by atoms with Crippen molar-refractivity contribution < 1.29 is 13.7 Å². The molecule has 132 valence electrons. The van der Waals surface area contributed by atoms with Crippen molar-refractivity contribution in [1.82, 2.24) is 15.0 Å². The lowest BCUT2D eigenvalue weighted by molar-refractivity contribution is 0.263. The molecule has 0 bridgehead atoms. The fourth-order valence-corrected chi connectivity index (χ4v) is 2.83. The number of hydrogen-bond donors (Lipinski definition) is 0. The maximum Gasteiger partial charge on any atom is 0.226 e. The first-order valence-corrected chi connectivity index (χ1v) is 8.18. The standard InChI is InChI=1S/C19H23N3O3/c1-12-9-18(23-5)13(2)8-16(12)19-21-17(14(3)24-19)11-22(4)10-15-6-7-20-25-15/h6-9H,10-11H2,1-5H3. The van der Waals surface area contributed by atoms with E-state index in [4.69, 9.17) is 18.7 Å². The summed E-state index contributed by atoms with van der Waals surface area (Å²) in [5.74, 6) is 3.16. The molecule has 0 spiro atoms. The summed E-state index contributed by atoms with van der Waals surface area (Å²) >= 11 is 0. The van der Waals surface area contributed by atoms with E-state index in [9.17, 15) is 0 Å². The number of aromatic nitrogens is 2. The molecule has 25 heavy (non-hydrogen) atoms. The van der Waals surface area contributed by atoms with E-state index in [1.807, 2.05) is 40.0 Å². The average molecular weight is 341 g/mol. The number of methoxy groups -OCH3 is 1. The number of nitrogens with zero attached hydrogens (tertiary/aromatic N) is 3. The quantitative estimate of drug-likeness (QED) is 0.677. The van der Waals surface area contributed by atoms with Crippen LogP contribution < -0.4 is 4.74 Å². The van der Waals surface area contributed by atoms with Crippen LogP contribution in [-0.2, 0) is 13.1 Å². The first-order chi connectivity index (χ1) is 12.0. The molecule has 3 rings (SSSR count). The molecule has 0 aliphatic heterocycles. The molecule has 0 aliphatic rings. The highest BCUT2D eigenvalue weighted by Crippen LogP contribution is 2.31. The summed E-state index contributed by atoms with van der Waals surface area (Å²) < 4.78 is 16.5. The van der Waals surface area contributed by atoms with Gasteiger partial charge in [-0.15, -0.1) is 0 Å². The summed E-state index contributed by atoms with van der Waals surface area (Å²) in [5, 5.41) is 3.73. The molecule has 1 aromatic carbocycles. The van der Waals surface area contributed by atoms with Crippen molar-refractivity contribution in [2.75, 3.05) is 14.2 Å². The summed E-state index contributed by atoms with van der Waals surface area (Å²) in [5.41, 5.74) is 4.05. The summed E-state index contributed by atoms with van der Waals surface area (Å²) in [7, 11) is 3.69. The number of ether oxygens (including phenoxy) is 1. The highest BCUT2D eigenvalue weighted by Gasteiger charge is 2.16. The molecular formula is C19H23N3O3. The highest BCUT2D eigenvalue weighted by atomic mass is 16.5. The van der Waals surface area contributed by atoms with E-state index in [2.05, 4.69) is 16.1 Å². The molecule has 0 saturated carbocycles. The minimum atomic E-state index is 0.642. The molecule has 2 aromatic heterocycles. The minimum absolute atomic E-state index is 0.642. The number of benzene rings is 1. The van der Waals surface area contributed by atoms with Crippen LogP contribution in [0.4, 0.5) is 0 Å². The Labute approximate surface area is 147 Å². The van der Waals surface area contributed by atoms with E-state index in [1.54, 1.807) is 13.3 Å². The zero-order valence-corrected chi connectivity index (χ0v) is 15.3. The Morgan fingerprint density at radius 1 is 1.12 bits per heavy atom. The van der Waals surface area contributed by atoms with E-state index in [1.165, 1.54) is 0 Å². The van der Waals surface area contributed by atoms with Gasteiger partial charge in [0.15, 0.2) is 5.76 Å². The van der Waals surface area contributed by atoms with Crippen LogP contribution >= 0.6 is 0 Å². The Morgan fingerprint density at radius 3 is 2.60 bits per heavy atom. The van der Waals surface area contributed by atoms with E-state index in [-0.39, 0.29) is 0 Å². The van der Waals surface area contributed by atoms with Gasteiger partial charge in [0.25, 0.3) is 0 Å². The number of hydrogen-bond acceptors (Lipinski definition) is 6. The lowest BCUT2D eigenvalue weighted by Crippen LogP contribution is -2.17. The lowest BCUT2D eigenvalue weighted by atomic mass is 10.0. The Morgan fingerprint density at radius 2 is 1.92 bits per heavy atom. The molecular weight excluding hydrogens is 318 g/mol. The van der Waals surface area contributed by atoms with Gasteiger partial charge < -0.3 is 13.7 Å². The first kappa shape index (κ1) is 17.2. The Kier molecular flexibility index (Phi) is 4.90. The van der Waals surface area contributed by atoms with Gasteiger partial charge in [-0.3, -0.25) is 4.90 Å². The Bertz CT molecular complexity index is 853. The smallest absolute Gasteiger partial charge is 0.226 e. The van der Waals surface area contributed by atoms with Crippen LogP contribution in [0.2, 0.25) is 0 Å². The van der Waals surface area contributed by atoms with Crippen molar-refractivity contribution in [1.29, 1.82) is 0 Å². The Balaban J connectivity index is 1.81. The van der Waals surface area contributed by atoms with Gasteiger partial charge in [0.2, 0.25) is 5.89 Å². The third kappa shape index (κ3) is 3.74. The van der Waals surface area contributed by atoms with Gasteiger partial charge >= 0.3 is 0 Å².